The number of carbonyl (C=O) groups is 1. The van der Waals surface area contributed by atoms with Crippen LogP contribution in [0.5, 0.6) is 11.5 Å². The van der Waals surface area contributed by atoms with Crippen molar-refractivity contribution in [2.24, 2.45) is 5.10 Å². The van der Waals surface area contributed by atoms with Crippen molar-refractivity contribution in [2.45, 2.75) is 20.3 Å². The van der Waals surface area contributed by atoms with Gasteiger partial charge in [-0.2, -0.15) is 5.10 Å². The second-order valence-corrected chi connectivity index (χ2v) is 6.26. The van der Waals surface area contributed by atoms with Crippen LogP contribution in [0.1, 0.15) is 25.0 Å². The molecule has 6 nitrogen and oxygen atoms in total. The Kier molecular flexibility index (Phi) is 7.47. The van der Waals surface area contributed by atoms with Crippen molar-refractivity contribution in [1.82, 2.24) is 5.43 Å². The number of nitrogens with zero attached hydrogens (tertiary/aromatic N) is 1. The Balaban J connectivity index is 2.02. The van der Waals surface area contributed by atoms with E-state index in [9.17, 15) is 4.79 Å². The molecule has 2 aromatic carbocycles. The number of benzene rings is 2. The Hall–Kier alpha value is -2.54. The highest BCUT2D eigenvalue weighted by Crippen LogP contribution is 2.36. The van der Waals surface area contributed by atoms with E-state index in [0.29, 0.717) is 30.4 Å². The molecule has 0 atom stereocenters. The standard InChI is InChI=1S/C19H22BrN3O3/c1-3-25-17-10-14(9-16(20)19(17)26-4-2)12-22-23-18(24)11-13-5-7-15(21)8-6-13/h5-10,12H,3-4,11,21H2,1-2H3,(H,23,24)/b22-12-. The maximum absolute atomic E-state index is 12.0. The van der Waals surface area contributed by atoms with Gasteiger partial charge in [-0.1, -0.05) is 12.1 Å². The molecule has 1 amide bonds. The lowest BCUT2D eigenvalue weighted by Crippen LogP contribution is -2.19. The zero-order valence-corrected chi connectivity index (χ0v) is 16.4. The van der Waals surface area contributed by atoms with Crippen LogP contribution in [-0.2, 0) is 11.2 Å². The number of hydrogen-bond acceptors (Lipinski definition) is 5. The van der Waals surface area contributed by atoms with Gasteiger partial charge < -0.3 is 15.2 Å². The smallest absolute Gasteiger partial charge is 0.244 e. The zero-order chi connectivity index (χ0) is 18.9. The Morgan fingerprint density at radius 3 is 2.54 bits per heavy atom. The van der Waals surface area contributed by atoms with Crippen LogP contribution in [0, 0.1) is 0 Å². The molecule has 0 saturated carbocycles. The molecule has 0 saturated heterocycles. The Morgan fingerprint density at radius 1 is 1.19 bits per heavy atom. The monoisotopic (exact) mass is 419 g/mol. The molecule has 2 aromatic rings. The van der Waals surface area contributed by atoms with E-state index in [1.54, 1.807) is 18.3 Å². The molecule has 0 radical (unpaired) electrons. The summed E-state index contributed by atoms with van der Waals surface area (Å²) in [6, 6.07) is 10.8. The van der Waals surface area contributed by atoms with Crippen LogP contribution < -0.4 is 20.6 Å². The van der Waals surface area contributed by atoms with Crippen LogP contribution >= 0.6 is 15.9 Å². The maximum atomic E-state index is 12.0. The van der Waals surface area contributed by atoms with E-state index in [2.05, 4.69) is 26.5 Å². The molecule has 2 rings (SSSR count). The minimum Gasteiger partial charge on any atom is -0.490 e. The predicted molar refractivity (Wildman–Crippen MR) is 107 cm³/mol. The first-order chi connectivity index (χ1) is 12.5. The fraction of sp³-hybridized carbons (Fsp3) is 0.263. The van der Waals surface area contributed by atoms with Crippen molar-refractivity contribution in [3.05, 3.63) is 52.0 Å². The third kappa shape index (κ3) is 5.77. The van der Waals surface area contributed by atoms with Gasteiger partial charge in [0.1, 0.15) is 0 Å². The summed E-state index contributed by atoms with van der Waals surface area (Å²) < 4.78 is 12.0. The Morgan fingerprint density at radius 2 is 1.88 bits per heavy atom. The van der Waals surface area contributed by atoms with Gasteiger partial charge in [0.05, 0.1) is 30.3 Å². The second-order valence-electron chi connectivity index (χ2n) is 5.41. The third-order valence-corrected chi connectivity index (χ3v) is 3.96. The van der Waals surface area contributed by atoms with Crippen LogP contribution in [0.15, 0.2) is 46.0 Å². The first-order valence-corrected chi connectivity index (χ1v) is 9.08. The van der Waals surface area contributed by atoms with E-state index in [1.807, 2.05) is 38.1 Å². The fourth-order valence-electron chi connectivity index (χ4n) is 2.25. The quantitative estimate of drug-likeness (QED) is 0.389. The number of nitrogen functional groups attached to an aromatic ring is 1. The van der Waals surface area contributed by atoms with Gasteiger partial charge in [-0.3, -0.25) is 4.79 Å². The van der Waals surface area contributed by atoms with Crippen LogP contribution in [0.3, 0.4) is 0 Å². The number of nitrogens with two attached hydrogens (primary N) is 1. The van der Waals surface area contributed by atoms with Crippen LogP contribution in [-0.4, -0.2) is 25.3 Å². The van der Waals surface area contributed by atoms with E-state index >= 15 is 0 Å². The number of amides is 1. The van der Waals surface area contributed by atoms with Crippen molar-refractivity contribution >= 4 is 33.7 Å². The molecule has 138 valence electrons. The molecule has 0 fully saturated rings. The molecule has 0 aliphatic rings. The summed E-state index contributed by atoms with van der Waals surface area (Å²) in [6.07, 6.45) is 1.79. The van der Waals surface area contributed by atoms with Gasteiger partial charge in [0.25, 0.3) is 0 Å². The lowest BCUT2D eigenvalue weighted by Gasteiger charge is -2.13. The highest BCUT2D eigenvalue weighted by molar-refractivity contribution is 9.10. The number of ether oxygens (including phenoxy) is 2. The van der Waals surface area contributed by atoms with Crippen molar-refractivity contribution in [3.63, 3.8) is 0 Å². The summed E-state index contributed by atoms with van der Waals surface area (Å²) in [5.74, 6) is 1.07. The van der Waals surface area contributed by atoms with Crippen molar-refractivity contribution < 1.29 is 14.3 Å². The normalized spacial score (nSPS) is 10.7. The van der Waals surface area contributed by atoms with Crippen molar-refractivity contribution in [1.29, 1.82) is 0 Å². The largest absolute Gasteiger partial charge is 0.490 e. The topological polar surface area (TPSA) is 85.9 Å². The van der Waals surface area contributed by atoms with Crippen LogP contribution in [0.4, 0.5) is 5.69 Å². The summed E-state index contributed by atoms with van der Waals surface area (Å²) in [5, 5.41) is 4.01. The maximum Gasteiger partial charge on any atom is 0.244 e. The summed E-state index contributed by atoms with van der Waals surface area (Å²) in [7, 11) is 0. The van der Waals surface area contributed by atoms with Gasteiger partial charge in [0, 0.05) is 5.69 Å². The highest BCUT2D eigenvalue weighted by Gasteiger charge is 2.11. The molecule has 3 N–H and O–H groups in total. The van der Waals surface area contributed by atoms with Crippen LogP contribution in [0.2, 0.25) is 0 Å². The molecule has 0 aromatic heterocycles. The molecule has 0 unspecified atom stereocenters. The summed E-state index contributed by atoms with van der Waals surface area (Å²) in [4.78, 5) is 12.0. The van der Waals surface area contributed by atoms with Gasteiger partial charge in [-0.25, -0.2) is 5.43 Å². The SMILES string of the molecule is CCOc1cc(/C=N\NC(=O)Cc2ccc(N)cc2)cc(Br)c1OCC. The van der Waals surface area contributed by atoms with Gasteiger partial charge in [0.2, 0.25) is 5.91 Å². The van der Waals surface area contributed by atoms with E-state index in [4.69, 9.17) is 15.2 Å². The number of anilines is 1. The lowest BCUT2D eigenvalue weighted by molar-refractivity contribution is -0.120. The highest BCUT2D eigenvalue weighted by atomic mass is 79.9. The average Bonchev–Trinajstić information content (AvgIpc) is 2.60. The number of hydrogen-bond donors (Lipinski definition) is 2. The Labute approximate surface area is 161 Å². The minimum absolute atomic E-state index is 0.207. The molecule has 0 heterocycles. The molecule has 0 aliphatic carbocycles. The first kappa shape index (κ1) is 19.8. The van der Waals surface area contributed by atoms with E-state index in [0.717, 1.165) is 15.6 Å². The fourth-order valence-corrected chi connectivity index (χ4v) is 2.82. The van der Waals surface area contributed by atoms with Gasteiger partial charge in [-0.15, -0.1) is 0 Å². The average molecular weight is 420 g/mol. The summed E-state index contributed by atoms with van der Waals surface area (Å²) in [6.45, 7) is 4.87. The number of nitrogens with one attached hydrogen (secondary N) is 1. The first-order valence-electron chi connectivity index (χ1n) is 8.29. The van der Waals surface area contributed by atoms with Gasteiger partial charge in [-0.05, 0) is 65.2 Å². The minimum atomic E-state index is -0.207. The number of rotatable bonds is 8. The Bertz CT molecular complexity index is 776. The van der Waals surface area contributed by atoms with E-state index in [-0.39, 0.29) is 12.3 Å². The zero-order valence-electron chi connectivity index (χ0n) is 14.8. The summed E-state index contributed by atoms with van der Waals surface area (Å²) >= 11 is 3.48. The third-order valence-electron chi connectivity index (χ3n) is 3.37. The molecule has 26 heavy (non-hydrogen) atoms. The van der Waals surface area contributed by atoms with Crippen LogP contribution in [0.25, 0.3) is 0 Å². The molecule has 0 aliphatic heterocycles. The lowest BCUT2D eigenvalue weighted by atomic mass is 10.1. The van der Waals surface area contributed by atoms with Gasteiger partial charge in [0.15, 0.2) is 11.5 Å². The van der Waals surface area contributed by atoms with Crippen molar-refractivity contribution in [2.75, 3.05) is 18.9 Å². The molecular weight excluding hydrogens is 398 g/mol. The number of hydrazone groups is 1. The molecule has 7 heteroatoms. The van der Waals surface area contributed by atoms with Crippen molar-refractivity contribution in [3.8, 4) is 11.5 Å². The molecule has 0 spiro atoms. The van der Waals surface area contributed by atoms with Gasteiger partial charge >= 0.3 is 0 Å². The predicted octanol–water partition coefficient (Wildman–Crippen LogP) is 3.52. The summed E-state index contributed by atoms with van der Waals surface area (Å²) in [5.41, 5.74) is 10.5. The van der Waals surface area contributed by atoms with E-state index < -0.39 is 0 Å². The van der Waals surface area contributed by atoms with E-state index in [1.165, 1.54) is 0 Å². The second kappa shape index (κ2) is 9.82. The molecular formula is C19H22BrN3O3. The molecule has 0 bridgehead atoms. The number of carbonyl (C=O) groups excluding carboxylic acids is 1. The number of halogens is 1.